The van der Waals surface area contributed by atoms with Crippen molar-refractivity contribution in [3.05, 3.63) is 41.0 Å². The summed E-state index contributed by atoms with van der Waals surface area (Å²) in [5.74, 6) is 0.546. The average Bonchev–Trinajstić information content (AvgIpc) is 2.76. The van der Waals surface area contributed by atoms with E-state index in [4.69, 9.17) is 0 Å². The van der Waals surface area contributed by atoms with Gasteiger partial charge in [0.15, 0.2) is 5.78 Å². The molecule has 124 valence electrons. The lowest BCUT2D eigenvalue weighted by molar-refractivity contribution is -0.118. The maximum absolute atomic E-state index is 12.8. The highest BCUT2D eigenvalue weighted by Gasteiger charge is 2.28. The predicted molar refractivity (Wildman–Crippen MR) is 96.3 cm³/mol. The Bertz CT molecular complexity index is 619. The number of hydrogen-bond donors (Lipinski definition) is 1. The standard InChI is InChI=1S/C21H29NO/c1-15-10-11-17-14-21(2,3)22-19(18(17)12-15)13-20(23)16-8-6-4-5-7-9-16/h10-13,16,22H,4-9,14H2,1-3H3. The maximum Gasteiger partial charge on any atom is 0.160 e. The first kappa shape index (κ1) is 16.3. The van der Waals surface area contributed by atoms with Crippen molar-refractivity contribution in [1.29, 1.82) is 0 Å². The van der Waals surface area contributed by atoms with E-state index in [1.165, 1.54) is 42.4 Å². The highest BCUT2D eigenvalue weighted by molar-refractivity contribution is 5.98. The van der Waals surface area contributed by atoms with Crippen molar-refractivity contribution >= 4 is 11.5 Å². The first-order chi connectivity index (χ1) is 10.9. The molecule has 2 aliphatic rings. The molecule has 1 aromatic carbocycles. The topological polar surface area (TPSA) is 29.1 Å². The maximum atomic E-state index is 12.8. The number of aryl methyl sites for hydroxylation is 1. The van der Waals surface area contributed by atoms with Crippen molar-refractivity contribution < 1.29 is 4.79 Å². The van der Waals surface area contributed by atoms with Crippen LogP contribution in [0.5, 0.6) is 0 Å². The average molecular weight is 311 g/mol. The number of carbonyl (C=O) groups is 1. The minimum absolute atomic E-state index is 0.00216. The van der Waals surface area contributed by atoms with Crippen LogP contribution in [0, 0.1) is 12.8 Å². The van der Waals surface area contributed by atoms with Gasteiger partial charge in [0.2, 0.25) is 0 Å². The number of nitrogens with one attached hydrogen (secondary N) is 1. The molecule has 1 aliphatic carbocycles. The second kappa shape index (κ2) is 6.51. The van der Waals surface area contributed by atoms with Crippen LogP contribution in [0.2, 0.25) is 0 Å². The van der Waals surface area contributed by atoms with E-state index in [0.717, 1.165) is 25.0 Å². The van der Waals surface area contributed by atoms with Gasteiger partial charge in [-0.15, -0.1) is 0 Å². The van der Waals surface area contributed by atoms with Crippen molar-refractivity contribution in [3.63, 3.8) is 0 Å². The largest absolute Gasteiger partial charge is 0.379 e. The van der Waals surface area contributed by atoms with Crippen molar-refractivity contribution in [1.82, 2.24) is 5.32 Å². The molecule has 0 spiro atoms. The van der Waals surface area contributed by atoms with Crippen LogP contribution < -0.4 is 5.32 Å². The van der Waals surface area contributed by atoms with Gasteiger partial charge in [0.05, 0.1) is 0 Å². The van der Waals surface area contributed by atoms with E-state index in [1.807, 2.05) is 6.08 Å². The molecule has 1 aliphatic heterocycles. The summed E-state index contributed by atoms with van der Waals surface area (Å²) in [5.41, 5.74) is 4.83. The molecule has 1 heterocycles. The molecule has 0 bridgehead atoms. The van der Waals surface area contributed by atoms with E-state index in [2.05, 4.69) is 44.3 Å². The van der Waals surface area contributed by atoms with Gasteiger partial charge in [-0.25, -0.2) is 0 Å². The quantitative estimate of drug-likeness (QED) is 0.628. The minimum Gasteiger partial charge on any atom is -0.379 e. The van der Waals surface area contributed by atoms with Crippen LogP contribution in [0.1, 0.15) is 69.1 Å². The molecular weight excluding hydrogens is 282 g/mol. The lowest BCUT2D eigenvalue weighted by Gasteiger charge is -2.36. The van der Waals surface area contributed by atoms with Gasteiger partial charge >= 0.3 is 0 Å². The minimum atomic E-state index is -0.00216. The predicted octanol–water partition coefficient (Wildman–Crippen LogP) is 4.80. The van der Waals surface area contributed by atoms with Crippen LogP contribution in [0.4, 0.5) is 0 Å². The smallest absolute Gasteiger partial charge is 0.160 e. The molecule has 0 radical (unpaired) electrons. The summed E-state index contributed by atoms with van der Waals surface area (Å²) in [6, 6.07) is 6.60. The number of carbonyl (C=O) groups excluding carboxylic acids is 1. The summed E-state index contributed by atoms with van der Waals surface area (Å²) in [6.07, 6.45) is 10.00. The molecule has 1 N–H and O–H groups in total. The van der Waals surface area contributed by atoms with Gasteiger partial charge in [-0.05, 0) is 51.7 Å². The monoisotopic (exact) mass is 311 g/mol. The second-order valence-electron chi connectivity index (χ2n) is 8.00. The van der Waals surface area contributed by atoms with E-state index in [0.29, 0.717) is 5.78 Å². The Morgan fingerprint density at radius 1 is 1.17 bits per heavy atom. The van der Waals surface area contributed by atoms with Gasteiger partial charge in [0.25, 0.3) is 0 Å². The molecule has 3 rings (SSSR count). The highest BCUT2D eigenvalue weighted by atomic mass is 16.1. The molecule has 0 aromatic heterocycles. The summed E-state index contributed by atoms with van der Waals surface area (Å²) in [7, 11) is 0. The first-order valence-corrected chi connectivity index (χ1v) is 9.08. The Morgan fingerprint density at radius 3 is 2.57 bits per heavy atom. The van der Waals surface area contributed by atoms with E-state index >= 15 is 0 Å². The summed E-state index contributed by atoms with van der Waals surface area (Å²) in [6.45, 7) is 6.53. The molecule has 2 nitrogen and oxygen atoms in total. The molecule has 23 heavy (non-hydrogen) atoms. The van der Waals surface area contributed by atoms with Gasteiger partial charge in [0, 0.05) is 28.8 Å². The van der Waals surface area contributed by atoms with Crippen LogP contribution in [0.25, 0.3) is 5.70 Å². The van der Waals surface area contributed by atoms with Crippen LogP contribution >= 0.6 is 0 Å². The van der Waals surface area contributed by atoms with Crippen molar-refractivity contribution in [2.24, 2.45) is 5.92 Å². The van der Waals surface area contributed by atoms with E-state index in [-0.39, 0.29) is 11.5 Å². The third kappa shape index (κ3) is 3.85. The lowest BCUT2D eigenvalue weighted by Crippen LogP contribution is -2.44. The zero-order valence-electron chi connectivity index (χ0n) is 14.7. The molecule has 0 atom stereocenters. The van der Waals surface area contributed by atoms with Crippen LogP contribution in [-0.4, -0.2) is 11.3 Å². The van der Waals surface area contributed by atoms with Gasteiger partial charge in [-0.3, -0.25) is 4.79 Å². The Hall–Kier alpha value is -1.57. The Morgan fingerprint density at radius 2 is 1.87 bits per heavy atom. The zero-order valence-corrected chi connectivity index (χ0v) is 14.7. The Labute approximate surface area is 140 Å². The molecule has 1 saturated carbocycles. The number of benzene rings is 1. The third-order valence-electron chi connectivity index (χ3n) is 5.21. The number of rotatable bonds is 2. The zero-order chi connectivity index (χ0) is 16.4. The summed E-state index contributed by atoms with van der Waals surface area (Å²) in [4.78, 5) is 12.8. The van der Waals surface area contributed by atoms with E-state index < -0.39 is 0 Å². The molecule has 0 amide bonds. The molecule has 1 fully saturated rings. The van der Waals surface area contributed by atoms with Gasteiger partial charge in [-0.1, -0.05) is 43.4 Å². The van der Waals surface area contributed by atoms with Crippen molar-refractivity contribution in [2.45, 2.75) is 71.3 Å². The van der Waals surface area contributed by atoms with Gasteiger partial charge in [-0.2, -0.15) is 0 Å². The van der Waals surface area contributed by atoms with Crippen molar-refractivity contribution in [2.75, 3.05) is 0 Å². The fourth-order valence-corrected chi connectivity index (χ4v) is 3.99. The summed E-state index contributed by atoms with van der Waals surface area (Å²) in [5, 5.41) is 3.60. The van der Waals surface area contributed by atoms with Crippen molar-refractivity contribution in [3.8, 4) is 0 Å². The van der Waals surface area contributed by atoms with Crippen LogP contribution in [-0.2, 0) is 11.2 Å². The molecular formula is C21H29NO. The fraction of sp³-hybridized carbons (Fsp3) is 0.571. The van der Waals surface area contributed by atoms with Crippen LogP contribution in [0.3, 0.4) is 0 Å². The number of ketones is 1. The summed E-state index contributed by atoms with van der Waals surface area (Å²) >= 11 is 0. The lowest BCUT2D eigenvalue weighted by atomic mass is 9.84. The normalized spacial score (nSPS) is 23.0. The van der Waals surface area contributed by atoms with E-state index in [1.54, 1.807) is 0 Å². The first-order valence-electron chi connectivity index (χ1n) is 9.08. The number of fused-ring (bicyclic) bond motifs is 1. The third-order valence-corrected chi connectivity index (χ3v) is 5.21. The summed E-state index contributed by atoms with van der Waals surface area (Å²) < 4.78 is 0. The fourth-order valence-electron chi connectivity index (χ4n) is 3.99. The molecule has 0 unspecified atom stereocenters. The van der Waals surface area contributed by atoms with Crippen LogP contribution in [0.15, 0.2) is 24.3 Å². The van der Waals surface area contributed by atoms with Gasteiger partial charge in [0.1, 0.15) is 0 Å². The Kier molecular flexibility index (Phi) is 4.61. The second-order valence-corrected chi connectivity index (χ2v) is 8.00. The van der Waals surface area contributed by atoms with E-state index in [9.17, 15) is 4.79 Å². The Balaban J connectivity index is 1.91. The number of allylic oxidation sites excluding steroid dienone is 1. The number of hydrogen-bond acceptors (Lipinski definition) is 2. The van der Waals surface area contributed by atoms with Gasteiger partial charge < -0.3 is 5.32 Å². The highest BCUT2D eigenvalue weighted by Crippen LogP contribution is 2.31. The SMILES string of the molecule is Cc1ccc2c(c1)C(=CC(=O)C1CCCCCC1)NC(C)(C)C2. The molecule has 0 saturated heterocycles. The molecule has 1 aromatic rings. The molecule has 2 heteroatoms.